The molecular weight excluding hydrogens is 253 g/mol. The van der Waals surface area contributed by atoms with Crippen molar-refractivity contribution in [2.75, 3.05) is 44.7 Å². The summed E-state index contributed by atoms with van der Waals surface area (Å²) in [6, 6.07) is 7.48. The van der Waals surface area contributed by atoms with E-state index < -0.39 is 0 Å². The minimum atomic E-state index is -0.163. The standard InChI is InChI=1S/C16H26FN3/c1-3-4-16(13-18-2)20-11-9-19(10-12-20)15-7-5-14(17)6-8-15/h5-8,16,18H,3-4,9-13H2,1-2H3. The van der Waals surface area contributed by atoms with Gasteiger partial charge in [0.2, 0.25) is 0 Å². The van der Waals surface area contributed by atoms with E-state index in [2.05, 4.69) is 22.0 Å². The van der Waals surface area contributed by atoms with E-state index in [0.29, 0.717) is 6.04 Å². The van der Waals surface area contributed by atoms with Gasteiger partial charge in [-0.2, -0.15) is 0 Å². The third kappa shape index (κ3) is 3.93. The number of hydrogen-bond donors (Lipinski definition) is 1. The van der Waals surface area contributed by atoms with Gasteiger partial charge in [-0.3, -0.25) is 4.90 Å². The number of rotatable bonds is 6. The number of piperazine rings is 1. The van der Waals surface area contributed by atoms with Gasteiger partial charge in [0, 0.05) is 44.5 Å². The van der Waals surface area contributed by atoms with Crippen molar-refractivity contribution in [3.63, 3.8) is 0 Å². The highest BCUT2D eigenvalue weighted by atomic mass is 19.1. The van der Waals surface area contributed by atoms with Crippen LogP contribution < -0.4 is 10.2 Å². The highest BCUT2D eigenvalue weighted by Gasteiger charge is 2.22. The molecule has 1 aliphatic rings. The molecule has 4 heteroatoms. The molecule has 112 valence electrons. The SMILES string of the molecule is CCCC(CNC)N1CCN(c2ccc(F)cc2)CC1. The summed E-state index contributed by atoms with van der Waals surface area (Å²) in [5.41, 5.74) is 1.13. The van der Waals surface area contributed by atoms with E-state index in [0.717, 1.165) is 38.4 Å². The molecule has 1 unspecified atom stereocenters. The molecule has 20 heavy (non-hydrogen) atoms. The summed E-state index contributed by atoms with van der Waals surface area (Å²) in [6.07, 6.45) is 2.47. The number of likely N-dealkylation sites (N-methyl/N-ethyl adjacent to an activating group) is 1. The van der Waals surface area contributed by atoms with Crippen LogP contribution in [0.2, 0.25) is 0 Å². The Kier molecular flexibility index (Phi) is 5.80. The van der Waals surface area contributed by atoms with Crippen LogP contribution in [0.1, 0.15) is 19.8 Å². The fourth-order valence-corrected chi connectivity index (χ4v) is 2.98. The smallest absolute Gasteiger partial charge is 0.123 e. The van der Waals surface area contributed by atoms with E-state index in [1.165, 1.54) is 12.8 Å². The Bertz CT molecular complexity index is 379. The van der Waals surface area contributed by atoms with Crippen LogP contribution in [0.3, 0.4) is 0 Å². The number of nitrogens with zero attached hydrogens (tertiary/aromatic N) is 2. The molecule has 0 radical (unpaired) electrons. The molecule has 1 aliphatic heterocycles. The fourth-order valence-electron chi connectivity index (χ4n) is 2.98. The third-order valence-corrected chi connectivity index (χ3v) is 4.08. The molecular formula is C16H26FN3. The maximum atomic E-state index is 13.0. The van der Waals surface area contributed by atoms with E-state index in [1.54, 1.807) is 12.1 Å². The quantitative estimate of drug-likeness (QED) is 0.862. The maximum Gasteiger partial charge on any atom is 0.123 e. The Morgan fingerprint density at radius 3 is 2.35 bits per heavy atom. The first-order valence-corrected chi connectivity index (χ1v) is 7.63. The second-order valence-electron chi connectivity index (χ2n) is 5.50. The average molecular weight is 279 g/mol. The summed E-state index contributed by atoms with van der Waals surface area (Å²) in [7, 11) is 2.03. The molecule has 0 saturated carbocycles. The molecule has 1 aromatic rings. The maximum absolute atomic E-state index is 13.0. The van der Waals surface area contributed by atoms with Crippen LogP contribution in [0.25, 0.3) is 0 Å². The Balaban J connectivity index is 1.89. The van der Waals surface area contributed by atoms with Crippen molar-refractivity contribution in [1.82, 2.24) is 10.2 Å². The zero-order valence-corrected chi connectivity index (χ0v) is 12.6. The average Bonchev–Trinajstić information content (AvgIpc) is 2.48. The normalized spacial score (nSPS) is 18.2. The summed E-state index contributed by atoms with van der Waals surface area (Å²) in [6.45, 7) is 7.53. The highest BCUT2D eigenvalue weighted by Crippen LogP contribution is 2.18. The first-order valence-electron chi connectivity index (χ1n) is 7.63. The molecule has 0 spiro atoms. The van der Waals surface area contributed by atoms with Crippen molar-refractivity contribution in [2.24, 2.45) is 0 Å². The molecule has 0 aromatic heterocycles. The van der Waals surface area contributed by atoms with E-state index >= 15 is 0 Å². The Labute approximate surface area is 121 Å². The molecule has 1 atom stereocenters. The number of benzene rings is 1. The molecule has 1 fully saturated rings. The van der Waals surface area contributed by atoms with Crippen LogP contribution >= 0.6 is 0 Å². The van der Waals surface area contributed by atoms with Crippen LogP contribution in [0.5, 0.6) is 0 Å². The van der Waals surface area contributed by atoms with Crippen molar-refractivity contribution in [2.45, 2.75) is 25.8 Å². The van der Waals surface area contributed by atoms with Crippen molar-refractivity contribution in [3.8, 4) is 0 Å². The third-order valence-electron chi connectivity index (χ3n) is 4.08. The van der Waals surface area contributed by atoms with Gasteiger partial charge in [0.05, 0.1) is 0 Å². The monoisotopic (exact) mass is 279 g/mol. The van der Waals surface area contributed by atoms with E-state index in [9.17, 15) is 4.39 Å². The minimum absolute atomic E-state index is 0.163. The minimum Gasteiger partial charge on any atom is -0.369 e. The Morgan fingerprint density at radius 1 is 1.15 bits per heavy atom. The van der Waals surface area contributed by atoms with Crippen molar-refractivity contribution >= 4 is 5.69 Å². The van der Waals surface area contributed by atoms with Gasteiger partial charge >= 0.3 is 0 Å². The Hall–Kier alpha value is -1.13. The predicted octanol–water partition coefficient (Wildman–Crippen LogP) is 2.34. The lowest BCUT2D eigenvalue weighted by Gasteiger charge is -2.40. The number of halogens is 1. The van der Waals surface area contributed by atoms with Gasteiger partial charge in [-0.1, -0.05) is 13.3 Å². The van der Waals surface area contributed by atoms with Gasteiger partial charge in [0.1, 0.15) is 5.82 Å². The molecule has 1 N–H and O–H groups in total. The fraction of sp³-hybridized carbons (Fsp3) is 0.625. The molecule has 1 aromatic carbocycles. The van der Waals surface area contributed by atoms with Crippen molar-refractivity contribution < 1.29 is 4.39 Å². The van der Waals surface area contributed by atoms with Gasteiger partial charge in [0.25, 0.3) is 0 Å². The lowest BCUT2D eigenvalue weighted by Crippen LogP contribution is -2.52. The van der Waals surface area contributed by atoms with Crippen molar-refractivity contribution in [3.05, 3.63) is 30.1 Å². The molecule has 2 rings (SSSR count). The summed E-state index contributed by atoms with van der Waals surface area (Å²) in [4.78, 5) is 4.93. The zero-order valence-electron chi connectivity index (χ0n) is 12.6. The first-order chi connectivity index (χ1) is 9.74. The van der Waals surface area contributed by atoms with Gasteiger partial charge < -0.3 is 10.2 Å². The molecule has 1 saturated heterocycles. The van der Waals surface area contributed by atoms with Gasteiger partial charge in [-0.25, -0.2) is 4.39 Å². The van der Waals surface area contributed by atoms with Gasteiger partial charge in [-0.15, -0.1) is 0 Å². The highest BCUT2D eigenvalue weighted by molar-refractivity contribution is 5.46. The molecule has 0 amide bonds. The van der Waals surface area contributed by atoms with E-state index in [4.69, 9.17) is 0 Å². The Morgan fingerprint density at radius 2 is 1.80 bits per heavy atom. The molecule has 0 aliphatic carbocycles. The second kappa shape index (κ2) is 7.60. The van der Waals surface area contributed by atoms with Crippen LogP contribution in [0.4, 0.5) is 10.1 Å². The van der Waals surface area contributed by atoms with Gasteiger partial charge in [0.15, 0.2) is 0 Å². The number of anilines is 1. The summed E-state index contributed by atoms with van der Waals surface area (Å²) >= 11 is 0. The zero-order chi connectivity index (χ0) is 14.4. The van der Waals surface area contributed by atoms with Crippen LogP contribution in [-0.2, 0) is 0 Å². The predicted molar refractivity (Wildman–Crippen MR) is 82.8 cm³/mol. The van der Waals surface area contributed by atoms with Crippen molar-refractivity contribution in [1.29, 1.82) is 0 Å². The number of hydrogen-bond acceptors (Lipinski definition) is 3. The van der Waals surface area contributed by atoms with Crippen LogP contribution in [-0.4, -0.2) is 50.7 Å². The topological polar surface area (TPSA) is 18.5 Å². The van der Waals surface area contributed by atoms with E-state index in [-0.39, 0.29) is 5.82 Å². The molecule has 0 bridgehead atoms. The first kappa shape index (κ1) is 15.3. The van der Waals surface area contributed by atoms with E-state index in [1.807, 2.05) is 19.2 Å². The van der Waals surface area contributed by atoms with Crippen LogP contribution in [0, 0.1) is 5.82 Å². The van der Waals surface area contributed by atoms with Gasteiger partial charge in [-0.05, 0) is 37.7 Å². The summed E-state index contributed by atoms with van der Waals surface area (Å²) in [5.74, 6) is -0.163. The van der Waals surface area contributed by atoms with Crippen LogP contribution in [0.15, 0.2) is 24.3 Å². The summed E-state index contributed by atoms with van der Waals surface area (Å²) in [5, 5.41) is 3.30. The lowest BCUT2D eigenvalue weighted by molar-refractivity contribution is 0.173. The molecule has 1 heterocycles. The largest absolute Gasteiger partial charge is 0.369 e. The lowest BCUT2D eigenvalue weighted by atomic mass is 10.1. The molecule has 3 nitrogen and oxygen atoms in total. The second-order valence-corrected chi connectivity index (χ2v) is 5.50. The number of nitrogens with one attached hydrogen (secondary N) is 1. The summed E-state index contributed by atoms with van der Waals surface area (Å²) < 4.78 is 13.0.